The third-order valence-electron chi connectivity index (χ3n) is 3.64. The van der Waals surface area contributed by atoms with E-state index in [2.05, 4.69) is 0 Å². The van der Waals surface area contributed by atoms with Gasteiger partial charge in [-0.25, -0.2) is 0 Å². The van der Waals surface area contributed by atoms with Gasteiger partial charge in [0.1, 0.15) is 17.2 Å². The van der Waals surface area contributed by atoms with Crippen molar-refractivity contribution in [2.45, 2.75) is 6.54 Å². The van der Waals surface area contributed by atoms with Gasteiger partial charge in [0.05, 0.1) is 26.9 Å². The smallest absolute Gasteiger partial charge is 0.257 e. The summed E-state index contributed by atoms with van der Waals surface area (Å²) in [5.41, 5.74) is 1.29. The third kappa shape index (κ3) is 3.92. The third-order valence-corrected chi connectivity index (χ3v) is 3.88. The second kappa shape index (κ2) is 7.93. The summed E-state index contributed by atoms with van der Waals surface area (Å²) in [7, 11) is 6.41. The first kappa shape index (κ1) is 17.9. The molecule has 0 aromatic heterocycles. The van der Waals surface area contributed by atoms with E-state index in [1.807, 2.05) is 12.1 Å². The van der Waals surface area contributed by atoms with Crippen molar-refractivity contribution in [2.24, 2.45) is 0 Å². The molecule has 0 aliphatic rings. The molecule has 2 aromatic carbocycles. The van der Waals surface area contributed by atoms with E-state index in [1.54, 1.807) is 50.4 Å². The van der Waals surface area contributed by atoms with Gasteiger partial charge in [-0.15, -0.1) is 0 Å². The largest absolute Gasteiger partial charge is 0.497 e. The Morgan fingerprint density at radius 1 is 1.00 bits per heavy atom. The highest BCUT2D eigenvalue weighted by molar-refractivity contribution is 6.31. The van der Waals surface area contributed by atoms with Gasteiger partial charge in [-0.05, 0) is 30.3 Å². The second-order valence-electron chi connectivity index (χ2n) is 5.18. The number of carbonyl (C=O) groups is 1. The molecule has 0 aliphatic heterocycles. The van der Waals surface area contributed by atoms with Crippen molar-refractivity contribution in [3.63, 3.8) is 0 Å². The van der Waals surface area contributed by atoms with Crippen molar-refractivity contribution in [3.05, 3.63) is 52.5 Å². The number of hydrogen-bond acceptors (Lipinski definition) is 4. The Labute approximate surface area is 146 Å². The van der Waals surface area contributed by atoms with Crippen molar-refractivity contribution in [1.82, 2.24) is 4.90 Å². The highest BCUT2D eigenvalue weighted by Crippen LogP contribution is 2.27. The van der Waals surface area contributed by atoms with Gasteiger partial charge in [-0.1, -0.05) is 11.6 Å². The fourth-order valence-corrected chi connectivity index (χ4v) is 2.53. The van der Waals surface area contributed by atoms with E-state index in [0.717, 1.165) is 5.56 Å². The van der Waals surface area contributed by atoms with Gasteiger partial charge < -0.3 is 19.1 Å². The molecule has 2 rings (SSSR count). The van der Waals surface area contributed by atoms with Crippen LogP contribution in [-0.4, -0.2) is 39.2 Å². The number of carbonyl (C=O) groups excluding carboxylic acids is 1. The monoisotopic (exact) mass is 349 g/mol. The highest BCUT2D eigenvalue weighted by atomic mass is 35.5. The van der Waals surface area contributed by atoms with Crippen LogP contribution in [0, 0.1) is 0 Å². The van der Waals surface area contributed by atoms with Crippen LogP contribution >= 0.6 is 11.6 Å². The molecule has 0 bridgehead atoms. The summed E-state index contributed by atoms with van der Waals surface area (Å²) in [6.45, 7) is 0.377. The van der Waals surface area contributed by atoms with Crippen LogP contribution < -0.4 is 14.2 Å². The first-order valence-electron chi connectivity index (χ1n) is 7.30. The van der Waals surface area contributed by atoms with Crippen molar-refractivity contribution >= 4 is 17.5 Å². The number of halogens is 1. The molecular weight excluding hydrogens is 330 g/mol. The maximum atomic E-state index is 12.7. The number of nitrogens with zero attached hydrogens (tertiary/aromatic N) is 1. The van der Waals surface area contributed by atoms with E-state index in [-0.39, 0.29) is 5.91 Å². The minimum absolute atomic E-state index is 0.188. The van der Waals surface area contributed by atoms with Gasteiger partial charge in [0.25, 0.3) is 5.91 Å². The summed E-state index contributed by atoms with van der Waals surface area (Å²) in [6, 6.07) is 10.5. The standard InChI is InChI=1S/C18H20ClNO4/c1-20(11-12-5-7-14(22-2)10-17(12)24-4)18(21)15-9-13(19)6-8-16(15)23-3/h5-10H,11H2,1-4H3. The summed E-state index contributed by atoms with van der Waals surface area (Å²) < 4.78 is 15.8. The first-order chi connectivity index (χ1) is 11.5. The number of benzene rings is 2. The Bertz CT molecular complexity index is 733. The Morgan fingerprint density at radius 2 is 1.71 bits per heavy atom. The quantitative estimate of drug-likeness (QED) is 0.799. The average molecular weight is 350 g/mol. The van der Waals surface area contributed by atoms with E-state index < -0.39 is 0 Å². The lowest BCUT2D eigenvalue weighted by molar-refractivity contribution is 0.0781. The SMILES string of the molecule is COc1ccc(CN(C)C(=O)c2cc(Cl)ccc2OC)c(OC)c1. The normalized spacial score (nSPS) is 10.2. The van der Waals surface area contributed by atoms with Crippen LogP contribution in [0.15, 0.2) is 36.4 Å². The number of amides is 1. The number of methoxy groups -OCH3 is 3. The van der Waals surface area contributed by atoms with Gasteiger partial charge in [0.2, 0.25) is 0 Å². The van der Waals surface area contributed by atoms with Crippen molar-refractivity contribution < 1.29 is 19.0 Å². The zero-order chi connectivity index (χ0) is 17.7. The van der Waals surface area contributed by atoms with Crippen LogP contribution in [0.25, 0.3) is 0 Å². The maximum absolute atomic E-state index is 12.7. The molecule has 6 heteroatoms. The topological polar surface area (TPSA) is 48.0 Å². The van der Waals surface area contributed by atoms with Gasteiger partial charge in [0, 0.05) is 30.2 Å². The van der Waals surface area contributed by atoms with Gasteiger partial charge in [0.15, 0.2) is 0 Å². The number of ether oxygens (including phenoxy) is 3. The molecule has 0 atom stereocenters. The molecule has 0 aliphatic carbocycles. The second-order valence-corrected chi connectivity index (χ2v) is 5.62. The Balaban J connectivity index is 2.25. The molecule has 0 spiro atoms. The minimum Gasteiger partial charge on any atom is -0.497 e. The molecule has 0 N–H and O–H groups in total. The molecule has 24 heavy (non-hydrogen) atoms. The lowest BCUT2D eigenvalue weighted by atomic mass is 10.1. The lowest BCUT2D eigenvalue weighted by Gasteiger charge is -2.20. The zero-order valence-corrected chi connectivity index (χ0v) is 14.9. The van der Waals surface area contributed by atoms with Crippen molar-refractivity contribution in [3.8, 4) is 17.2 Å². The van der Waals surface area contributed by atoms with E-state index in [0.29, 0.717) is 34.4 Å². The van der Waals surface area contributed by atoms with Gasteiger partial charge in [-0.3, -0.25) is 4.79 Å². The van der Waals surface area contributed by atoms with E-state index in [1.165, 1.54) is 7.11 Å². The molecule has 1 amide bonds. The van der Waals surface area contributed by atoms with Gasteiger partial charge >= 0.3 is 0 Å². The predicted octanol–water partition coefficient (Wildman–Crippen LogP) is 3.64. The minimum atomic E-state index is -0.188. The molecular formula is C18H20ClNO4. The summed E-state index contributed by atoms with van der Waals surface area (Å²) in [4.78, 5) is 14.3. The van der Waals surface area contributed by atoms with Crippen molar-refractivity contribution in [2.75, 3.05) is 28.4 Å². The van der Waals surface area contributed by atoms with Crippen LogP contribution in [0.2, 0.25) is 5.02 Å². The Morgan fingerprint density at radius 3 is 2.33 bits per heavy atom. The van der Waals surface area contributed by atoms with E-state index >= 15 is 0 Å². The molecule has 5 nitrogen and oxygen atoms in total. The van der Waals surface area contributed by atoms with E-state index in [4.69, 9.17) is 25.8 Å². The molecule has 2 aromatic rings. The van der Waals surface area contributed by atoms with Gasteiger partial charge in [-0.2, -0.15) is 0 Å². The fraction of sp³-hybridized carbons (Fsp3) is 0.278. The van der Waals surface area contributed by atoms with Crippen LogP contribution in [0.1, 0.15) is 15.9 Å². The van der Waals surface area contributed by atoms with Crippen LogP contribution in [0.3, 0.4) is 0 Å². The molecule has 128 valence electrons. The highest BCUT2D eigenvalue weighted by Gasteiger charge is 2.18. The Kier molecular flexibility index (Phi) is 5.93. The Hall–Kier alpha value is -2.40. The summed E-state index contributed by atoms with van der Waals surface area (Å²) in [5.74, 6) is 1.65. The van der Waals surface area contributed by atoms with Crippen molar-refractivity contribution in [1.29, 1.82) is 0 Å². The van der Waals surface area contributed by atoms with Crippen LogP contribution in [0.4, 0.5) is 0 Å². The zero-order valence-electron chi connectivity index (χ0n) is 14.1. The molecule has 0 radical (unpaired) electrons. The van der Waals surface area contributed by atoms with Crippen LogP contribution in [-0.2, 0) is 6.54 Å². The summed E-state index contributed by atoms with van der Waals surface area (Å²) in [6.07, 6.45) is 0. The fourth-order valence-electron chi connectivity index (χ4n) is 2.36. The molecule has 0 saturated heterocycles. The number of rotatable bonds is 6. The van der Waals surface area contributed by atoms with E-state index in [9.17, 15) is 4.79 Å². The molecule has 0 fully saturated rings. The summed E-state index contributed by atoms with van der Waals surface area (Å²) >= 11 is 6.00. The predicted molar refractivity (Wildman–Crippen MR) is 93.3 cm³/mol. The molecule has 0 saturated carbocycles. The maximum Gasteiger partial charge on any atom is 0.257 e. The average Bonchev–Trinajstić information content (AvgIpc) is 2.61. The first-order valence-corrected chi connectivity index (χ1v) is 7.67. The number of hydrogen-bond donors (Lipinski definition) is 0. The summed E-state index contributed by atoms with van der Waals surface area (Å²) in [5, 5.41) is 0.481. The molecule has 0 unspecified atom stereocenters. The van der Waals surface area contributed by atoms with Crippen LogP contribution in [0.5, 0.6) is 17.2 Å². The molecule has 0 heterocycles. The lowest BCUT2D eigenvalue weighted by Crippen LogP contribution is -2.26.